The van der Waals surface area contributed by atoms with Crippen molar-refractivity contribution in [1.82, 2.24) is 19.4 Å². The van der Waals surface area contributed by atoms with Gasteiger partial charge in [-0.1, -0.05) is 23.2 Å². The number of carboxylic acid groups (broad SMARTS) is 1. The number of carbonyl (C=O) groups is 1. The first-order valence-electron chi connectivity index (χ1n) is 15.3. The summed E-state index contributed by atoms with van der Waals surface area (Å²) in [5.41, 5.74) is 0.866. The molecule has 1 aliphatic carbocycles. The summed E-state index contributed by atoms with van der Waals surface area (Å²) in [6, 6.07) is 11.0. The molecular formula is C33H34Cl2N6O5. The second-order valence-corrected chi connectivity index (χ2v) is 13.2. The Hall–Kier alpha value is -3.90. The topological polar surface area (TPSA) is 113 Å². The number of benzene rings is 1. The first kappa shape index (κ1) is 30.7. The smallest absolute Gasteiger partial charge is 0.341 e. The van der Waals surface area contributed by atoms with Gasteiger partial charge < -0.3 is 33.8 Å². The molecule has 3 aliphatic rings. The number of carboxylic acids is 1. The highest BCUT2D eigenvalue weighted by molar-refractivity contribution is 6.34. The second-order valence-electron chi connectivity index (χ2n) is 12.4. The lowest BCUT2D eigenvalue weighted by Crippen LogP contribution is -2.57. The Labute approximate surface area is 275 Å². The molecule has 240 valence electrons. The molecule has 0 spiro atoms. The van der Waals surface area contributed by atoms with Crippen LogP contribution in [-0.2, 0) is 4.74 Å². The fourth-order valence-electron chi connectivity index (χ4n) is 6.15. The van der Waals surface area contributed by atoms with Gasteiger partial charge in [-0.2, -0.15) is 0 Å². The lowest BCUT2D eigenvalue weighted by atomic mass is 10.1. The second kappa shape index (κ2) is 12.4. The predicted octanol–water partition coefficient (Wildman–Crippen LogP) is 4.74. The summed E-state index contributed by atoms with van der Waals surface area (Å²) in [6.45, 7) is 2.62. The zero-order valence-corrected chi connectivity index (χ0v) is 27.0. The molecule has 1 saturated carbocycles. The first-order valence-corrected chi connectivity index (χ1v) is 16.1. The van der Waals surface area contributed by atoms with Gasteiger partial charge in [0.25, 0.3) is 0 Å². The number of ether oxygens (including phenoxy) is 2. The molecule has 11 nitrogen and oxygen atoms in total. The van der Waals surface area contributed by atoms with Gasteiger partial charge in [0.05, 0.1) is 46.4 Å². The molecule has 0 amide bonds. The number of rotatable bonds is 10. The highest BCUT2D eigenvalue weighted by Crippen LogP contribution is 2.38. The van der Waals surface area contributed by atoms with Gasteiger partial charge in [0, 0.05) is 43.5 Å². The average Bonchev–Trinajstić information content (AvgIpc) is 3.73. The van der Waals surface area contributed by atoms with Crippen molar-refractivity contribution in [3.05, 3.63) is 80.8 Å². The van der Waals surface area contributed by atoms with Crippen LogP contribution >= 0.6 is 23.2 Å². The highest BCUT2D eigenvalue weighted by Gasteiger charge is 2.38. The minimum absolute atomic E-state index is 0.0333. The molecule has 7 rings (SSSR count). The van der Waals surface area contributed by atoms with E-state index in [-0.39, 0.29) is 35.8 Å². The first-order chi connectivity index (χ1) is 22.2. The highest BCUT2D eigenvalue weighted by atomic mass is 35.5. The third-order valence-corrected chi connectivity index (χ3v) is 9.55. The maximum absolute atomic E-state index is 13.4. The van der Waals surface area contributed by atoms with Crippen molar-refractivity contribution in [2.75, 3.05) is 50.1 Å². The number of anilines is 2. The minimum Gasteiger partial charge on any atom is -0.477 e. The van der Waals surface area contributed by atoms with Gasteiger partial charge in [-0.3, -0.25) is 4.79 Å². The van der Waals surface area contributed by atoms with E-state index in [4.69, 9.17) is 32.7 Å². The van der Waals surface area contributed by atoms with E-state index >= 15 is 0 Å². The Kier molecular flexibility index (Phi) is 8.26. The van der Waals surface area contributed by atoms with Gasteiger partial charge in [0.15, 0.2) is 0 Å². The molecule has 2 saturated heterocycles. The Balaban J connectivity index is 1.26. The van der Waals surface area contributed by atoms with Crippen LogP contribution in [0.15, 0.2) is 59.8 Å². The van der Waals surface area contributed by atoms with Crippen LogP contribution in [0.2, 0.25) is 10.0 Å². The van der Waals surface area contributed by atoms with Crippen LogP contribution in [0.5, 0.6) is 5.88 Å². The number of aromatic nitrogens is 3. The van der Waals surface area contributed by atoms with Gasteiger partial charge in [-0.15, -0.1) is 0 Å². The van der Waals surface area contributed by atoms with Gasteiger partial charge in [-0.05, 0) is 69.8 Å². The number of hydrogen-bond acceptors (Lipinski definition) is 9. The van der Waals surface area contributed by atoms with Gasteiger partial charge in [0.1, 0.15) is 23.0 Å². The van der Waals surface area contributed by atoms with Gasteiger partial charge >= 0.3 is 5.97 Å². The Morgan fingerprint density at radius 3 is 2.54 bits per heavy atom. The van der Waals surface area contributed by atoms with Crippen LogP contribution in [0.4, 0.5) is 11.5 Å². The van der Waals surface area contributed by atoms with Crippen LogP contribution in [0.25, 0.3) is 16.6 Å². The van der Waals surface area contributed by atoms with Crippen molar-refractivity contribution in [2.45, 2.75) is 43.6 Å². The molecule has 3 aromatic heterocycles. The molecule has 2 aliphatic heterocycles. The molecular weight excluding hydrogens is 631 g/mol. The third kappa shape index (κ3) is 6.00. The standard InChI is InChI=1S/C33H34Cl2N6O5/c1-38(2)21-14-39(15-21)30-8-5-19(13-37-30)41-17-25(33(43)44)31(42)24-11-27(35)29(12-28(24)41)40-16-23(46-22-6-7-22)10-20(40)18-45-32-26(34)4-3-9-36-32/h3-5,8-9,11-13,17,20-23H,6-7,10,14-16,18H2,1-2H3,(H,43,44)/t20-,23?/m1/s1. The van der Waals surface area contributed by atoms with Gasteiger partial charge in [-0.25, -0.2) is 14.8 Å². The number of hydrogen-bond donors (Lipinski definition) is 1. The maximum Gasteiger partial charge on any atom is 0.341 e. The molecule has 1 aromatic carbocycles. The molecule has 3 fully saturated rings. The maximum atomic E-state index is 13.4. The Morgan fingerprint density at radius 2 is 1.87 bits per heavy atom. The number of pyridine rings is 3. The average molecular weight is 666 g/mol. The van der Waals surface area contributed by atoms with Crippen LogP contribution in [0.3, 0.4) is 0 Å². The lowest BCUT2D eigenvalue weighted by molar-refractivity contribution is 0.0513. The van der Waals surface area contributed by atoms with Crippen LogP contribution < -0.4 is 20.0 Å². The lowest BCUT2D eigenvalue weighted by Gasteiger charge is -2.43. The van der Waals surface area contributed by atoms with Crippen molar-refractivity contribution in [2.24, 2.45) is 0 Å². The monoisotopic (exact) mass is 664 g/mol. The van der Waals surface area contributed by atoms with Crippen molar-refractivity contribution >= 4 is 51.6 Å². The number of nitrogens with zero attached hydrogens (tertiary/aromatic N) is 6. The molecule has 13 heteroatoms. The quantitative estimate of drug-likeness (QED) is 0.255. The van der Waals surface area contributed by atoms with E-state index in [9.17, 15) is 14.7 Å². The normalized spacial score (nSPS) is 20.0. The summed E-state index contributed by atoms with van der Waals surface area (Å²) in [6.07, 6.45) is 7.73. The summed E-state index contributed by atoms with van der Waals surface area (Å²) in [4.78, 5) is 41.0. The van der Waals surface area contributed by atoms with Crippen LogP contribution in [-0.4, -0.2) is 95.1 Å². The summed E-state index contributed by atoms with van der Waals surface area (Å²) < 4.78 is 14.1. The van der Waals surface area contributed by atoms with E-state index in [2.05, 4.69) is 38.8 Å². The van der Waals surface area contributed by atoms with Crippen molar-refractivity contribution < 1.29 is 19.4 Å². The molecule has 0 bridgehead atoms. The summed E-state index contributed by atoms with van der Waals surface area (Å²) >= 11 is 13.2. The van der Waals surface area contributed by atoms with Crippen LogP contribution in [0, 0.1) is 0 Å². The zero-order valence-electron chi connectivity index (χ0n) is 25.5. The molecule has 0 radical (unpaired) electrons. The van der Waals surface area contributed by atoms with E-state index < -0.39 is 11.4 Å². The molecule has 5 heterocycles. The summed E-state index contributed by atoms with van der Waals surface area (Å²) in [5.74, 6) is -0.128. The fraction of sp³-hybridized carbons (Fsp3) is 0.394. The zero-order chi connectivity index (χ0) is 32.1. The molecule has 1 N–H and O–H groups in total. The van der Waals surface area contributed by atoms with Crippen molar-refractivity contribution in [3.63, 3.8) is 0 Å². The van der Waals surface area contributed by atoms with Crippen LogP contribution in [0.1, 0.15) is 29.6 Å². The van der Waals surface area contributed by atoms with Crippen molar-refractivity contribution in [1.29, 1.82) is 0 Å². The number of halogens is 2. The molecule has 4 aromatic rings. The predicted molar refractivity (Wildman–Crippen MR) is 177 cm³/mol. The summed E-state index contributed by atoms with van der Waals surface area (Å²) in [5, 5.41) is 10.9. The molecule has 1 unspecified atom stereocenters. The van der Waals surface area contributed by atoms with Crippen molar-refractivity contribution in [3.8, 4) is 11.6 Å². The SMILES string of the molecule is CN(C)C1CN(c2ccc(-n3cc(C(=O)O)c(=O)c4cc(Cl)c(N5CC(OC6CC6)C[C@@H]5COc5ncccc5Cl)cc43)cn2)C1. The Morgan fingerprint density at radius 1 is 1.07 bits per heavy atom. The largest absolute Gasteiger partial charge is 0.477 e. The number of aromatic carboxylic acids is 1. The van der Waals surface area contributed by atoms with E-state index in [1.165, 1.54) is 6.20 Å². The van der Waals surface area contributed by atoms with E-state index in [0.717, 1.165) is 31.7 Å². The van der Waals surface area contributed by atoms with Gasteiger partial charge in [0.2, 0.25) is 11.3 Å². The van der Waals surface area contributed by atoms with E-state index in [1.807, 2.05) is 18.2 Å². The van der Waals surface area contributed by atoms with E-state index in [1.54, 1.807) is 35.2 Å². The molecule has 46 heavy (non-hydrogen) atoms. The minimum atomic E-state index is -1.31. The molecule has 2 atom stereocenters. The third-order valence-electron chi connectivity index (χ3n) is 8.96. The number of likely N-dealkylation sites (N-methyl/N-ethyl adjacent to an activating group) is 1. The Bertz CT molecular complexity index is 1840. The number of fused-ring (bicyclic) bond motifs is 1. The fourth-order valence-corrected chi connectivity index (χ4v) is 6.60. The van der Waals surface area contributed by atoms with E-state index in [0.29, 0.717) is 51.8 Å². The summed E-state index contributed by atoms with van der Waals surface area (Å²) in [7, 11) is 4.13.